The van der Waals surface area contributed by atoms with E-state index in [4.69, 9.17) is 0 Å². The number of hydrogen-bond acceptors (Lipinski definition) is 0. The normalized spacial score (nSPS) is 12.0. The zero-order valence-electron chi connectivity index (χ0n) is 29.5. The number of rotatable bonds is 5. The average molecular weight is 741 g/mol. The molecule has 8 aromatic carbocycles. The molecule has 0 aliphatic carbocycles. The van der Waals surface area contributed by atoms with Crippen molar-refractivity contribution in [3.63, 3.8) is 0 Å². The Hall–Kier alpha value is -6.99. The van der Waals surface area contributed by atoms with E-state index in [2.05, 4.69) is 0 Å². The number of hydrogen-bond donors (Lipinski definition) is 0. The smallest absolute Gasteiger partial charge is 0.309 e. The maximum Gasteiger partial charge on any atom is 0.420 e. The molecular weight excluding hydrogens is 712 g/mol. The molecular formula is C49H29F5N2. The number of benzene rings is 8. The van der Waals surface area contributed by atoms with Crippen LogP contribution in [0.3, 0.4) is 0 Å². The van der Waals surface area contributed by atoms with Gasteiger partial charge in [-0.3, -0.25) is 0 Å². The maximum absolute atomic E-state index is 16.2. The van der Waals surface area contributed by atoms with Crippen LogP contribution in [0.2, 0.25) is 0 Å². The summed E-state index contributed by atoms with van der Waals surface area (Å²) in [5.41, 5.74) is 5.47. The van der Waals surface area contributed by atoms with E-state index < -0.39 is 23.4 Å². The first-order chi connectivity index (χ1) is 27.2. The number of fused-ring (bicyclic) bond motifs is 6. The summed E-state index contributed by atoms with van der Waals surface area (Å²) in [5, 5.41) is 3.11. The fourth-order valence-corrected chi connectivity index (χ4v) is 8.18. The van der Waals surface area contributed by atoms with Crippen LogP contribution >= 0.6 is 0 Å². The Bertz CT molecular complexity index is 2960. The monoisotopic (exact) mass is 740 g/mol. The van der Waals surface area contributed by atoms with Gasteiger partial charge in [-0.1, -0.05) is 115 Å². The zero-order valence-corrected chi connectivity index (χ0v) is 29.5. The van der Waals surface area contributed by atoms with Gasteiger partial charge in [0.25, 0.3) is 0 Å². The largest absolute Gasteiger partial charge is 0.420 e. The standard InChI is InChI=1S/C49H29F5N2/c50-40-22-19-34(27-41(40)51)35-28-46(55-42-17-9-7-15-36(42)38-25-32(20-23-44(38)55)30-11-3-1-4-12-30)48(49(52,53)54)47(29-35)56-43-18-10-8-16-37(43)39-26-33(21-24-45(39)56)31-13-5-2-6-14-31/h1-29H. The molecule has 0 aliphatic heterocycles. The van der Waals surface area contributed by atoms with Crippen LogP contribution in [0.1, 0.15) is 5.56 Å². The predicted molar refractivity (Wildman–Crippen MR) is 216 cm³/mol. The fourth-order valence-electron chi connectivity index (χ4n) is 8.18. The first-order valence-corrected chi connectivity index (χ1v) is 18.1. The molecule has 56 heavy (non-hydrogen) atoms. The molecule has 10 rings (SSSR count). The molecule has 0 bridgehead atoms. The van der Waals surface area contributed by atoms with E-state index >= 15 is 13.2 Å². The Labute approximate surface area is 317 Å². The van der Waals surface area contributed by atoms with Gasteiger partial charge in [0.2, 0.25) is 0 Å². The summed E-state index contributed by atoms with van der Waals surface area (Å²) in [4.78, 5) is 0. The number of halogens is 5. The Morgan fingerprint density at radius 3 is 1.20 bits per heavy atom. The van der Waals surface area contributed by atoms with Crippen molar-refractivity contribution in [3.8, 4) is 44.8 Å². The van der Waals surface area contributed by atoms with Crippen molar-refractivity contribution in [2.24, 2.45) is 0 Å². The summed E-state index contributed by atoms with van der Waals surface area (Å²) in [6, 6.07) is 52.3. The SMILES string of the molecule is Fc1ccc(-c2cc(-n3c4ccccc4c4cc(-c5ccccc5)ccc43)c(C(F)(F)F)c(-n3c4ccccc4c4cc(-c5ccccc5)ccc43)c2)cc1F. The third kappa shape index (κ3) is 5.38. The van der Waals surface area contributed by atoms with Crippen LogP contribution in [0.15, 0.2) is 176 Å². The predicted octanol–water partition coefficient (Wildman–Crippen LogP) is 14.2. The minimum atomic E-state index is -4.86. The Kier molecular flexibility index (Phi) is 7.68. The highest BCUT2D eigenvalue weighted by atomic mass is 19.4. The summed E-state index contributed by atoms with van der Waals surface area (Å²) in [5.74, 6) is -2.14. The van der Waals surface area contributed by atoms with E-state index in [0.29, 0.717) is 27.6 Å². The van der Waals surface area contributed by atoms with E-state index in [1.165, 1.54) is 18.2 Å². The summed E-state index contributed by atoms with van der Waals surface area (Å²) in [6.45, 7) is 0. The molecule has 10 aromatic rings. The summed E-state index contributed by atoms with van der Waals surface area (Å²) < 4.78 is 81.1. The molecule has 7 heteroatoms. The minimum Gasteiger partial charge on any atom is -0.309 e. The average Bonchev–Trinajstić information content (AvgIpc) is 3.74. The number of alkyl halides is 3. The molecule has 2 heterocycles. The molecule has 0 saturated carbocycles. The fraction of sp³-hybridized carbons (Fsp3) is 0.0204. The second kappa shape index (κ2) is 12.8. The van der Waals surface area contributed by atoms with Crippen LogP contribution < -0.4 is 0 Å². The van der Waals surface area contributed by atoms with Gasteiger partial charge in [0.05, 0.1) is 33.4 Å². The minimum absolute atomic E-state index is 0.139. The molecule has 2 nitrogen and oxygen atoms in total. The highest BCUT2D eigenvalue weighted by Gasteiger charge is 2.39. The van der Waals surface area contributed by atoms with E-state index in [0.717, 1.165) is 55.9 Å². The van der Waals surface area contributed by atoms with Crippen molar-refractivity contribution < 1.29 is 22.0 Å². The van der Waals surface area contributed by atoms with Crippen molar-refractivity contribution >= 4 is 43.6 Å². The maximum atomic E-state index is 16.2. The van der Waals surface area contributed by atoms with Gasteiger partial charge in [-0.15, -0.1) is 0 Å². The van der Waals surface area contributed by atoms with Gasteiger partial charge in [0.1, 0.15) is 5.56 Å². The van der Waals surface area contributed by atoms with Crippen molar-refractivity contribution in [2.45, 2.75) is 6.18 Å². The number of para-hydroxylation sites is 2. The number of nitrogens with zero attached hydrogens (tertiary/aromatic N) is 2. The highest BCUT2D eigenvalue weighted by Crippen LogP contribution is 2.47. The molecule has 270 valence electrons. The van der Waals surface area contributed by atoms with Crippen molar-refractivity contribution in [3.05, 3.63) is 193 Å². The van der Waals surface area contributed by atoms with Crippen molar-refractivity contribution in [1.82, 2.24) is 9.13 Å². The topological polar surface area (TPSA) is 9.86 Å². The van der Waals surface area contributed by atoms with Crippen molar-refractivity contribution in [2.75, 3.05) is 0 Å². The Morgan fingerprint density at radius 1 is 0.321 bits per heavy atom. The van der Waals surface area contributed by atoms with Crippen LogP contribution in [0.4, 0.5) is 22.0 Å². The molecule has 0 fully saturated rings. The second-order valence-corrected chi connectivity index (χ2v) is 13.9. The lowest BCUT2D eigenvalue weighted by Crippen LogP contribution is -2.16. The van der Waals surface area contributed by atoms with Crippen LogP contribution in [-0.2, 0) is 6.18 Å². The van der Waals surface area contributed by atoms with Gasteiger partial charge in [-0.05, 0) is 94.0 Å². The highest BCUT2D eigenvalue weighted by molar-refractivity contribution is 6.12. The molecule has 0 atom stereocenters. The lowest BCUT2D eigenvalue weighted by Gasteiger charge is -2.23. The van der Waals surface area contributed by atoms with Gasteiger partial charge >= 0.3 is 6.18 Å². The van der Waals surface area contributed by atoms with Gasteiger partial charge in [-0.2, -0.15) is 13.2 Å². The quantitative estimate of drug-likeness (QED) is 0.156. The van der Waals surface area contributed by atoms with Crippen LogP contribution in [-0.4, -0.2) is 9.13 Å². The van der Waals surface area contributed by atoms with Crippen LogP contribution in [0.25, 0.3) is 88.4 Å². The molecule has 0 aliphatic rings. The molecule has 0 saturated heterocycles. The molecule has 0 radical (unpaired) electrons. The van der Waals surface area contributed by atoms with E-state index in [9.17, 15) is 8.78 Å². The van der Waals surface area contributed by atoms with E-state index in [1.807, 2.05) is 133 Å². The molecule has 0 spiro atoms. The molecule has 2 aromatic heterocycles. The molecule has 0 N–H and O–H groups in total. The lowest BCUT2D eigenvalue weighted by atomic mass is 9.98. The zero-order chi connectivity index (χ0) is 38.1. The van der Waals surface area contributed by atoms with Crippen molar-refractivity contribution in [1.29, 1.82) is 0 Å². The van der Waals surface area contributed by atoms with Gasteiger partial charge < -0.3 is 9.13 Å². The first-order valence-electron chi connectivity index (χ1n) is 18.1. The van der Waals surface area contributed by atoms with E-state index in [-0.39, 0.29) is 16.9 Å². The number of aromatic nitrogens is 2. The third-order valence-corrected chi connectivity index (χ3v) is 10.7. The van der Waals surface area contributed by atoms with Gasteiger partial charge in [0.15, 0.2) is 11.6 Å². The first kappa shape index (κ1) is 33.6. The van der Waals surface area contributed by atoms with Crippen LogP contribution in [0, 0.1) is 11.6 Å². The molecule has 0 unspecified atom stereocenters. The van der Waals surface area contributed by atoms with Crippen LogP contribution in [0.5, 0.6) is 0 Å². The van der Waals surface area contributed by atoms with Gasteiger partial charge in [-0.25, -0.2) is 8.78 Å². The van der Waals surface area contributed by atoms with E-state index in [1.54, 1.807) is 21.3 Å². The Morgan fingerprint density at radius 2 is 0.732 bits per heavy atom. The molecule has 0 amide bonds. The summed E-state index contributed by atoms with van der Waals surface area (Å²) in [6.07, 6.45) is -4.86. The second-order valence-electron chi connectivity index (χ2n) is 13.9. The third-order valence-electron chi connectivity index (χ3n) is 10.7. The lowest BCUT2D eigenvalue weighted by molar-refractivity contribution is -0.137. The Balaban J connectivity index is 1.34. The summed E-state index contributed by atoms with van der Waals surface area (Å²) in [7, 11) is 0. The van der Waals surface area contributed by atoms with Gasteiger partial charge in [0, 0.05) is 21.5 Å². The summed E-state index contributed by atoms with van der Waals surface area (Å²) >= 11 is 0.